The van der Waals surface area contributed by atoms with Crippen molar-refractivity contribution >= 4 is 21.6 Å². The summed E-state index contributed by atoms with van der Waals surface area (Å²) >= 11 is 0. The van der Waals surface area contributed by atoms with E-state index in [1.807, 2.05) is 31.2 Å². The first kappa shape index (κ1) is 21.4. The smallest absolute Gasteiger partial charge is 0.262 e. The van der Waals surface area contributed by atoms with Gasteiger partial charge in [0.1, 0.15) is 5.75 Å². The maximum absolute atomic E-state index is 12.8. The molecule has 3 aromatic carbocycles. The predicted molar refractivity (Wildman–Crippen MR) is 117 cm³/mol. The second kappa shape index (κ2) is 9.45. The molecule has 0 unspecified atom stereocenters. The molecule has 30 heavy (non-hydrogen) atoms. The van der Waals surface area contributed by atoms with Crippen LogP contribution in [0.3, 0.4) is 0 Å². The van der Waals surface area contributed by atoms with Gasteiger partial charge >= 0.3 is 0 Å². The summed E-state index contributed by atoms with van der Waals surface area (Å²) in [6, 6.07) is 20.7. The molecule has 0 saturated heterocycles. The highest BCUT2D eigenvalue weighted by molar-refractivity contribution is 7.92. The van der Waals surface area contributed by atoms with Crippen molar-refractivity contribution in [1.82, 2.24) is 5.32 Å². The number of benzene rings is 3. The van der Waals surface area contributed by atoms with Crippen molar-refractivity contribution in [3.63, 3.8) is 0 Å². The first-order valence-electron chi connectivity index (χ1n) is 9.49. The van der Waals surface area contributed by atoms with Gasteiger partial charge in [-0.1, -0.05) is 42.5 Å². The van der Waals surface area contributed by atoms with Crippen LogP contribution < -0.4 is 14.8 Å². The van der Waals surface area contributed by atoms with Gasteiger partial charge in [-0.05, 0) is 54.8 Å². The number of carbonyl (C=O) groups is 1. The highest BCUT2D eigenvalue weighted by atomic mass is 32.2. The van der Waals surface area contributed by atoms with Crippen molar-refractivity contribution < 1.29 is 17.9 Å². The van der Waals surface area contributed by atoms with E-state index in [2.05, 4.69) is 10.0 Å². The first-order chi connectivity index (χ1) is 14.4. The molecule has 0 radical (unpaired) electrons. The van der Waals surface area contributed by atoms with Crippen molar-refractivity contribution in [2.75, 3.05) is 18.4 Å². The van der Waals surface area contributed by atoms with E-state index < -0.39 is 10.0 Å². The molecule has 0 saturated carbocycles. The van der Waals surface area contributed by atoms with Crippen molar-refractivity contribution in [2.45, 2.75) is 18.2 Å². The van der Waals surface area contributed by atoms with Gasteiger partial charge in [0.2, 0.25) is 0 Å². The average Bonchev–Trinajstić information content (AvgIpc) is 2.75. The van der Waals surface area contributed by atoms with Crippen molar-refractivity contribution in [2.24, 2.45) is 0 Å². The number of sulfonamides is 1. The number of anilines is 1. The second-order valence-electron chi connectivity index (χ2n) is 6.77. The standard InChI is InChI=1S/C23H24N2O4S/c1-17-8-3-4-9-18(17)14-15-24-23(26)19-10-7-11-20(16-19)30(27,28)25-21-12-5-6-13-22(21)29-2/h3-13,16,25H,14-15H2,1-2H3,(H,24,26). The van der Waals surface area contributed by atoms with E-state index in [0.717, 1.165) is 5.56 Å². The molecule has 0 heterocycles. The molecule has 0 fully saturated rings. The Kier molecular flexibility index (Phi) is 6.74. The van der Waals surface area contributed by atoms with Crippen LogP contribution in [0, 0.1) is 6.92 Å². The Morgan fingerprint density at radius 1 is 0.967 bits per heavy atom. The fourth-order valence-corrected chi connectivity index (χ4v) is 4.16. The fourth-order valence-electron chi connectivity index (χ4n) is 3.04. The van der Waals surface area contributed by atoms with Crippen LogP contribution in [0.2, 0.25) is 0 Å². The molecule has 0 atom stereocenters. The molecule has 3 rings (SSSR count). The summed E-state index contributed by atoms with van der Waals surface area (Å²) in [7, 11) is -2.41. The topological polar surface area (TPSA) is 84.5 Å². The van der Waals surface area contributed by atoms with Crippen LogP contribution in [0.15, 0.2) is 77.7 Å². The molecular formula is C23H24N2O4S. The third kappa shape index (κ3) is 5.18. The van der Waals surface area contributed by atoms with E-state index in [4.69, 9.17) is 4.74 Å². The van der Waals surface area contributed by atoms with Gasteiger partial charge in [0.15, 0.2) is 0 Å². The van der Waals surface area contributed by atoms with Crippen molar-refractivity contribution in [3.05, 3.63) is 89.5 Å². The number of para-hydroxylation sites is 2. The fraction of sp³-hybridized carbons (Fsp3) is 0.174. The van der Waals surface area contributed by atoms with Crippen LogP contribution in [-0.2, 0) is 16.4 Å². The highest BCUT2D eigenvalue weighted by Crippen LogP contribution is 2.26. The van der Waals surface area contributed by atoms with Crippen molar-refractivity contribution in [3.8, 4) is 5.75 Å². The van der Waals surface area contributed by atoms with E-state index in [9.17, 15) is 13.2 Å². The number of nitrogens with one attached hydrogen (secondary N) is 2. The monoisotopic (exact) mass is 424 g/mol. The lowest BCUT2D eigenvalue weighted by Gasteiger charge is -2.12. The molecule has 6 nitrogen and oxygen atoms in total. The largest absolute Gasteiger partial charge is 0.495 e. The molecule has 3 aromatic rings. The summed E-state index contributed by atoms with van der Waals surface area (Å²) < 4.78 is 33.3. The maximum Gasteiger partial charge on any atom is 0.262 e. The van der Waals surface area contributed by atoms with E-state index in [1.54, 1.807) is 36.4 Å². The molecule has 0 aliphatic rings. The Balaban J connectivity index is 1.70. The van der Waals surface area contributed by atoms with Crippen LogP contribution in [0.25, 0.3) is 0 Å². The van der Waals surface area contributed by atoms with Gasteiger partial charge in [0, 0.05) is 12.1 Å². The van der Waals surface area contributed by atoms with Gasteiger partial charge in [0.25, 0.3) is 15.9 Å². The zero-order valence-corrected chi connectivity index (χ0v) is 17.7. The Bertz CT molecular complexity index is 1140. The van der Waals surface area contributed by atoms with Gasteiger partial charge in [0.05, 0.1) is 17.7 Å². The summed E-state index contributed by atoms with van der Waals surface area (Å²) in [5.41, 5.74) is 2.94. The Morgan fingerprint density at radius 2 is 1.70 bits per heavy atom. The lowest BCUT2D eigenvalue weighted by Crippen LogP contribution is -2.26. The minimum absolute atomic E-state index is 0.0000371. The first-order valence-corrected chi connectivity index (χ1v) is 11.0. The summed E-state index contributed by atoms with van der Waals surface area (Å²) in [6.45, 7) is 2.49. The number of ether oxygens (including phenoxy) is 1. The summed E-state index contributed by atoms with van der Waals surface area (Å²) in [5, 5.41) is 2.85. The molecule has 0 aromatic heterocycles. The van der Waals surface area contributed by atoms with E-state index >= 15 is 0 Å². The van der Waals surface area contributed by atoms with Crippen LogP contribution in [0.1, 0.15) is 21.5 Å². The van der Waals surface area contributed by atoms with Gasteiger partial charge in [-0.3, -0.25) is 9.52 Å². The predicted octanol–water partition coefficient (Wildman–Crippen LogP) is 3.78. The van der Waals surface area contributed by atoms with Gasteiger partial charge in [-0.25, -0.2) is 8.42 Å². The number of aryl methyl sites for hydroxylation is 1. The van der Waals surface area contributed by atoms with Gasteiger partial charge in [-0.15, -0.1) is 0 Å². The Hall–Kier alpha value is -3.32. The highest BCUT2D eigenvalue weighted by Gasteiger charge is 2.18. The summed E-state index contributed by atoms with van der Waals surface area (Å²) in [6.07, 6.45) is 0.700. The van der Waals surface area contributed by atoms with E-state index in [-0.39, 0.29) is 16.4 Å². The lowest BCUT2D eigenvalue weighted by atomic mass is 10.1. The summed E-state index contributed by atoms with van der Waals surface area (Å²) in [5.74, 6) is 0.0871. The molecule has 0 aliphatic carbocycles. The molecule has 0 bridgehead atoms. The van der Waals surface area contributed by atoms with Crippen molar-refractivity contribution in [1.29, 1.82) is 0 Å². The Morgan fingerprint density at radius 3 is 2.47 bits per heavy atom. The quantitative estimate of drug-likeness (QED) is 0.576. The number of rotatable bonds is 8. The molecule has 1 amide bonds. The maximum atomic E-state index is 12.8. The van der Waals surface area contributed by atoms with Gasteiger partial charge in [-0.2, -0.15) is 0 Å². The molecule has 0 aliphatic heterocycles. The normalized spacial score (nSPS) is 11.0. The molecule has 156 valence electrons. The number of hydrogen-bond acceptors (Lipinski definition) is 4. The third-order valence-electron chi connectivity index (χ3n) is 4.70. The van der Waals surface area contributed by atoms with E-state index in [0.29, 0.717) is 24.4 Å². The van der Waals surface area contributed by atoms with Gasteiger partial charge < -0.3 is 10.1 Å². The average molecular weight is 425 g/mol. The number of amides is 1. The molecule has 7 heteroatoms. The summed E-state index contributed by atoms with van der Waals surface area (Å²) in [4.78, 5) is 12.5. The minimum atomic E-state index is -3.88. The molecule has 0 spiro atoms. The second-order valence-corrected chi connectivity index (χ2v) is 8.45. The number of hydrogen-bond donors (Lipinski definition) is 2. The van der Waals surface area contributed by atoms with Crippen LogP contribution in [0.4, 0.5) is 5.69 Å². The van der Waals surface area contributed by atoms with Crippen LogP contribution >= 0.6 is 0 Å². The minimum Gasteiger partial charge on any atom is -0.495 e. The molecule has 2 N–H and O–H groups in total. The number of carbonyl (C=O) groups excluding carboxylic acids is 1. The SMILES string of the molecule is COc1ccccc1NS(=O)(=O)c1cccc(C(=O)NCCc2ccccc2C)c1. The third-order valence-corrected chi connectivity index (χ3v) is 6.06. The molecular weight excluding hydrogens is 400 g/mol. The zero-order valence-electron chi connectivity index (χ0n) is 16.9. The van der Waals surface area contributed by atoms with E-state index in [1.165, 1.54) is 24.8 Å². The number of methoxy groups -OCH3 is 1. The van der Waals surface area contributed by atoms with Crippen LogP contribution in [-0.4, -0.2) is 28.0 Å². The zero-order chi connectivity index (χ0) is 21.6. The Labute approximate surface area is 177 Å². The van der Waals surface area contributed by atoms with Crippen LogP contribution in [0.5, 0.6) is 5.75 Å². The lowest BCUT2D eigenvalue weighted by molar-refractivity contribution is 0.0954.